The molecule has 11 nitrogen and oxygen atoms in total. The number of H-pyrrole nitrogens is 1. The number of aromatic nitrogens is 6. The first kappa shape index (κ1) is 26.7. The lowest BCUT2D eigenvalue weighted by Crippen LogP contribution is -2.44. The van der Waals surface area contributed by atoms with E-state index in [2.05, 4.69) is 55.0 Å². The van der Waals surface area contributed by atoms with Crippen LogP contribution < -0.4 is 14.5 Å². The standard InChI is InChI=1S/C33H33N9O2/c1-20-23(4-3-5-27(20)42-14-15-44-32-25(33(42)43)18-35-30(39-32)21-6-7-21)29-24-16-26(38-31(24)37-19-36-29)22-8-9-28(34-17-22)41-12-10-40(2)11-13-41/h3-5,8-9,16-19,21H,6-7,10-15H2,1-2H3,(H,36,37,38). The maximum atomic E-state index is 13.8. The van der Waals surface area contributed by atoms with Crippen molar-refractivity contribution in [2.45, 2.75) is 25.7 Å². The van der Waals surface area contributed by atoms with E-state index >= 15 is 0 Å². The smallest absolute Gasteiger partial charge is 0.265 e. The summed E-state index contributed by atoms with van der Waals surface area (Å²) in [6.45, 7) is 6.81. The van der Waals surface area contributed by atoms with E-state index in [9.17, 15) is 4.79 Å². The van der Waals surface area contributed by atoms with Crippen molar-refractivity contribution in [1.29, 1.82) is 0 Å². The number of carbonyl (C=O) groups is 1. The van der Waals surface area contributed by atoms with Gasteiger partial charge < -0.3 is 24.4 Å². The zero-order valence-electron chi connectivity index (χ0n) is 24.8. The first-order valence-corrected chi connectivity index (χ1v) is 15.2. The van der Waals surface area contributed by atoms with Crippen molar-refractivity contribution in [1.82, 2.24) is 34.8 Å². The molecule has 0 unspecified atom stereocenters. The molecule has 1 amide bonds. The largest absolute Gasteiger partial charge is 0.475 e. The van der Waals surface area contributed by atoms with Crippen LogP contribution in [0, 0.1) is 6.92 Å². The van der Waals surface area contributed by atoms with Crippen LogP contribution in [-0.4, -0.2) is 87.1 Å². The number of hydrogen-bond acceptors (Lipinski definition) is 9. The van der Waals surface area contributed by atoms with Crippen molar-refractivity contribution in [2.24, 2.45) is 0 Å². The van der Waals surface area contributed by atoms with Crippen molar-refractivity contribution in [3.05, 3.63) is 72.1 Å². The molecule has 0 spiro atoms. The minimum absolute atomic E-state index is 0.163. The first-order chi connectivity index (χ1) is 21.5. The number of hydrogen-bond donors (Lipinski definition) is 1. The lowest BCUT2D eigenvalue weighted by molar-refractivity contribution is 0.0989. The summed E-state index contributed by atoms with van der Waals surface area (Å²) >= 11 is 0. The van der Waals surface area contributed by atoms with Gasteiger partial charge in [-0.15, -0.1) is 0 Å². The van der Waals surface area contributed by atoms with E-state index in [1.807, 2.05) is 31.3 Å². The number of aromatic amines is 1. The lowest BCUT2D eigenvalue weighted by atomic mass is 10.0. The fourth-order valence-corrected chi connectivity index (χ4v) is 6.13. The Morgan fingerprint density at radius 2 is 1.80 bits per heavy atom. The van der Waals surface area contributed by atoms with E-state index in [0.717, 1.165) is 95.5 Å². The Labute approximate surface area is 255 Å². The summed E-state index contributed by atoms with van der Waals surface area (Å²) in [5.41, 5.74) is 6.53. The molecule has 11 heteroatoms. The zero-order valence-corrected chi connectivity index (χ0v) is 24.8. The number of ether oxygens (including phenoxy) is 1. The van der Waals surface area contributed by atoms with E-state index in [0.29, 0.717) is 30.5 Å². The number of benzene rings is 1. The van der Waals surface area contributed by atoms with E-state index < -0.39 is 0 Å². The third-order valence-corrected chi connectivity index (χ3v) is 8.91. The van der Waals surface area contributed by atoms with Crippen molar-refractivity contribution >= 4 is 28.4 Å². The van der Waals surface area contributed by atoms with E-state index in [1.165, 1.54) is 0 Å². The van der Waals surface area contributed by atoms with Gasteiger partial charge in [-0.2, -0.15) is 4.98 Å². The van der Waals surface area contributed by atoms with Crippen molar-refractivity contribution in [2.75, 3.05) is 56.2 Å². The van der Waals surface area contributed by atoms with Crippen LogP contribution in [0.2, 0.25) is 0 Å². The molecule has 3 aliphatic rings. The maximum absolute atomic E-state index is 13.8. The van der Waals surface area contributed by atoms with Gasteiger partial charge in [0, 0.05) is 72.4 Å². The van der Waals surface area contributed by atoms with E-state index in [4.69, 9.17) is 14.7 Å². The van der Waals surface area contributed by atoms with Gasteiger partial charge in [0.15, 0.2) is 0 Å². The Morgan fingerprint density at radius 1 is 0.932 bits per heavy atom. The number of piperazine rings is 1. The van der Waals surface area contributed by atoms with Gasteiger partial charge in [-0.3, -0.25) is 4.79 Å². The number of likely N-dealkylation sites (N-methyl/N-ethyl adjacent to an activating group) is 1. The van der Waals surface area contributed by atoms with E-state index in [-0.39, 0.29) is 5.91 Å². The van der Waals surface area contributed by atoms with Crippen LogP contribution in [0.5, 0.6) is 5.88 Å². The molecule has 0 radical (unpaired) electrons. The molecule has 1 saturated heterocycles. The molecule has 0 atom stereocenters. The minimum atomic E-state index is -0.163. The number of fused-ring (bicyclic) bond motifs is 2. The molecule has 1 aromatic carbocycles. The average Bonchev–Trinajstić information content (AvgIpc) is 3.83. The van der Waals surface area contributed by atoms with E-state index in [1.54, 1.807) is 17.4 Å². The average molecular weight is 588 g/mol. The molecule has 6 heterocycles. The van der Waals surface area contributed by atoms with Gasteiger partial charge in [0.1, 0.15) is 35.8 Å². The van der Waals surface area contributed by atoms with Crippen LogP contribution in [-0.2, 0) is 0 Å². The van der Waals surface area contributed by atoms with Crippen molar-refractivity contribution in [3.8, 4) is 28.4 Å². The Bertz CT molecular complexity index is 1870. The van der Waals surface area contributed by atoms with Gasteiger partial charge >= 0.3 is 0 Å². The highest BCUT2D eigenvalue weighted by Crippen LogP contribution is 2.40. The molecule has 0 bridgehead atoms. The summed E-state index contributed by atoms with van der Waals surface area (Å²) in [4.78, 5) is 46.7. The quantitative estimate of drug-likeness (QED) is 0.318. The monoisotopic (exact) mass is 587 g/mol. The number of anilines is 2. The fourth-order valence-electron chi connectivity index (χ4n) is 6.13. The van der Waals surface area contributed by atoms with Crippen LogP contribution in [0.4, 0.5) is 11.5 Å². The van der Waals surface area contributed by atoms with Crippen molar-refractivity contribution < 1.29 is 9.53 Å². The third kappa shape index (κ3) is 4.73. The van der Waals surface area contributed by atoms with Gasteiger partial charge in [-0.1, -0.05) is 12.1 Å². The predicted molar refractivity (Wildman–Crippen MR) is 168 cm³/mol. The van der Waals surface area contributed by atoms with Crippen LogP contribution in [0.3, 0.4) is 0 Å². The summed E-state index contributed by atoms with van der Waals surface area (Å²) in [6, 6.07) is 12.2. The summed E-state index contributed by atoms with van der Waals surface area (Å²) in [5.74, 6) is 2.37. The molecular weight excluding hydrogens is 554 g/mol. The molecule has 222 valence electrons. The summed E-state index contributed by atoms with van der Waals surface area (Å²) < 4.78 is 5.94. The summed E-state index contributed by atoms with van der Waals surface area (Å²) in [6.07, 6.45) is 7.29. The number of nitrogens with zero attached hydrogens (tertiary/aromatic N) is 8. The van der Waals surface area contributed by atoms with Crippen LogP contribution in [0.25, 0.3) is 33.5 Å². The fraction of sp³-hybridized carbons (Fsp3) is 0.333. The highest BCUT2D eigenvalue weighted by atomic mass is 16.5. The number of carbonyl (C=O) groups excluding carboxylic acids is 1. The second kappa shape index (κ2) is 10.7. The second-order valence-electron chi connectivity index (χ2n) is 11.8. The SMILES string of the molecule is Cc1c(-c2ncnc3[nH]c(-c4ccc(N5CCN(C)CC5)nc4)cc23)cccc1N1CCOc2nc(C3CC3)ncc2C1=O. The lowest BCUT2D eigenvalue weighted by Gasteiger charge is -2.33. The van der Waals surface area contributed by atoms with Gasteiger partial charge in [-0.25, -0.2) is 19.9 Å². The highest BCUT2D eigenvalue weighted by Gasteiger charge is 2.32. The first-order valence-electron chi connectivity index (χ1n) is 15.2. The second-order valence-corrected chi connectivity index (χ2v) is 11.8. The highest BCUT2D eigenvalue weighted by molar-refractivity contribution is 6.08. The van der Waals surface area contributed by atoms with Crippen LogP contribution in [0.1, 0.15) is 40.5 Å². The van der Waals surface area contributed by atoms with Gasteiger partial charge in [-0.05, 0) is 56.6 Å². The van der Waals surface area contributed by atoms with Crippen LogP contribution in [0.15, 0.2) is 55.1 Å². The molecule has 4 aromatic heterocycles. The topological polar surface area (TPSA) is 116 Å². The van der Waals surface area contributed by atoms with Gasteiger partial charge in [0.2, 0.25) is 5.88 Å². The van der Waals surface area contributed by atoms with Crippen molar-refractivity contribution in [3.63, 3.8) is 0 Å². The molecule has 44 heavy (non-hydrogen) atoms. The Kier molecular flexibility index (Phi) is 6.48. The molecule has 2 aliphatic heterocycles. The molecule has 2 fully saturated rings. The maximum Gasteiger partial charge on any atom is 0.265 e. The number of nitrogens with one attached hydrogen (secondary N) is 1. The molecule has 8 rings (SSSR count). The molecule has 1 N–H and O–H groups in total. The molecular formula is C33H33N9O2. The third-order valence-electron chi connectivity index (χ3n) is 8.91. The normalized spacial score (nSPS) is 17.5. The Hall–Kier alpha value is -4.90. The minimum Gasteiger partial charge on any atom is -0.475 e. The summed E-state index contributed by atoms with van der Waals surface area (Å²) in [7, 11) is 2.15. The number of rotatable bonds is 5. The Balaban J connectivity index is 1.11. The molecule has 5 aromatic rings. The van der Waals surface area contributed by atoms with Gasteiger partial charge in [0.05, 0.1) is 12.2 Å². The number of amides is 1. The molecule has 1 aliphatic carbocycles. The Morgan fingerprint density at radius 3 is 2.59 bits per heavy atom. The summed E-state index contributed by atoms with van der Waals surface area (Å²) in [5, 5.41) is 0.905. The van der Waals surface area contributed by atoms with Crippen LogP contribution >= 0.6 is 0 Å². The van der Waals surface area contributed by atoms with Gasteiger partial charge in [0.25, 0.3) is 5.91 Å². The predicted octanol–water partition coefficient (Wildman–Crippen LogP) is 4.45. The molecule has 1 saturated carbocycles. The zero-order chi connectivity index (χ0) is 29.8. The number of pyridine rings is 1.